The molecule has 36 valence electrons. The summed E-state index contributed by atoms with van der Waals surface area (Å²) in [6, 6.07) is 0. The lowest BCUT2D eigenvalue weighted by Gasteiger charge is -1.74. The van der Waals surface area contributed by atoms with E-state index in [1.165, 1.54) is 6.20 Å². The van der Waals surface area contributed by atoms with Crippen molar-refractivity contribution in [3.05, 3.63) is 11.8 Å². The van der Waals surface area contributed by atoms with Gasteiger partial charge in [-0.3, -0.25) is 4.79 Å². The maximum Gasteiger partial charge on any atom is 0.149 e. The minimum absolute atomic E-state index is 0.462. The highest BCUT2D eigenvalue weighted by Gasteiger charge is 1.95. The number of hydrogen-bond donors (Lipinski definition) is 0. The van der Waals surface area contributed by atoms with Gasteiger partial charge in [0, 0.05) is 5.57 Å². The lowest BCUT2D eigenvalue weighted by Crippen LogP contribution is -1.81. The molecule has 0 bridgehead atoms. The van der Waals surface area contributed by atoms with E-state index in [1.54, 1.807) is 0 Å². The van der Waals surface area contributed by atoms with Gasteiger partial charge in [-0.05, 0) is 0 Å². The van der Waals surface area contributed by atoms with E-state index in [0.29, 0.717) is 12.1 Å². The lowest BCUT2D eigenvalue weighted by molar-refractivity contribution is -0.104. The van der Waals surface area contributed by atoms with Crippen LogP contribution in [0, 0.1) is 0 Å². The molecule has 0 atom stereocenters. The summed E-state index contributed by atoms with van der Waals surface area (Å²) in [7, 11) is 0. The molecule has 0 aromatic carbocycles. The first kappa shape index (κ1) is 4.18. The van der Waals surface area contributed by atoms with Gasteiger partial charge in [0.25, 0.3) is 0 Å². The quantitative estimate of drug-likeness (QED) is 0.439. The second-order valence-electron chi connectivity index (χ2n) is 1.24. The average Bonchev–Trinajstić information content (AvgIpc) is 2.14. The Morgan fingerprint density at radius 3 is 3.00 bits per heavy atom. The highest BCUT2D eigenvalue weighted by atomic mass is 16.1. The zero-order chi connectivity index (χ0) is 5.11. The van der Waals surface area contributed by atoms with Gasteiger partial charge in [0.05, 0.1) is 12.7 Å². The SMILES string of the molecule is O=CC1=CN=NC1. The molecule has 0 aromatic heterocycles. The van der Waals surface area contributed by atoms with Gasteiger partial charge in [-0.2, -0.15) is 10.2 Å². The maximum absolute atomic E-state index is 9.82. The molecular formula is C4H4N2O. The van der Waals surface area contributed by atoms with E-state index < -0.39 is 0 Å². The van der Waals surface area contributed by atoms with Gasteiger partial charge in [-0.25, -0.2) is 0 Å². The number of hydrogen-bond acceptors (Lipinski definition) is 3. The minimum atomic E-state index is 0.462. The van der Waals surface area contributed by atoms with Crippen LogP contribution in [-0.2, 0) is 4.79 Å². The highest BCUT2D eigenvalue weighted by Crippen LogP contribution is 1.99. The third-order valence-electron chi connectivity index (χ3n) is 0.710. The van der Waals surface area contributed by atoms with Crippen LogP contribution in [0.25, 0.3) is 0 Å². The van der Waals surface area contributed by atoms with E-state index in [9.17, 15) is 4.79 Å². The fourth-order valence-electron chi connectivity index (χ4n) is 0.346. The largest absolute Gasteiger partial charge is 0.298 e. The molecule has 0 N–H and O–H groups in total. The van der Waals surface area contributed by atoms with Crippen molar-refractivity contribution >= 4 is 6.29 Å². The maximum atomic E-state index is 9.82. The van der Waals surface area contributed by atoms with Gasteiger partial charge in [0.2, 0.25) is 0 Å². The van der Waals surface area contributed by atoms with Crippen molar-refractivity contribution in [2.45, 2.75) is 0 Å². The molecule has 0 amide bonds. The summed E-state index contributed by atoms with van der Waals surface area (Å²) in [4.78, 5) is 9.82. The molecule has 0 saturated carbocycles. The Bertz CT molecular complexity index is 137. The zero-order valence-corrected chi connectivity index (χ0v) is 3.66. The molecule has 1 heterocycles. The first-order valence-corrected chi connectivity index (χ1v) is 1.94. The number of rotatable bonds is 1. The van der Waals surface area contributed by atoms with E-state index in [2.05, 4.69) is 10.2 Å². The Labute approximate surface area is 40.7 Å². The molecular weight excluding hydrogens is 92.1 g/mol. The van der Waals surface area contributed by atoms with Gasteiger partial charge in [0.15, 0.2) is 0 Å². The van der Waals surface area contributed by atoms with Crippen molar-refractivity contribution < 1.29 is 4.79 Å². The van der Waals surface area contributed by atoms with Crippen LogP contribution in [0.5, 0.6) is 0 Å². The lowest BCUT2D eigenvalue weighted by atomic mass is 10.3. The smallest absolute Gasteiger partial charge is 0.149 e. The standard InChI is InChI=1S/C4H4N2O/c7-3-4-1-5-6-2-4/h1,3H,2H2. The second-order valence-corrected chi connectivity index (χ2v) is 1.24. The summed E-state index contributed by atoms with van der Waals surface area (Å²) < 4.78 is 0. The molecule has 1 aliphatic heterocycles. The van der Waals surface area contributed by atoms with E-state index in [4.69, 9.17) is 0 Å². The topological polar surface area (TPSA) is 41.8 Å². The number of nitrogens with zero attached hydrogens (tertiary/aromatic N) is 2. The Balaban J connectivity index is 2.61. The molecule has 7 heavy (non-hydrogen) atoms. The van der Waals surface area contributed by atoms with Crippen LogP contribution in [0.3, 0.4) is 0 Å². The summed E-state index contributed by atoms with van der Waals surface area (Å²) in [5, 5.41) is 7.00. The third-order valence-corrected chi connectivity index (χ3v) is 0.710. The van der Waals surface area contributed by atoms with Gasteiger partial charge in [0.1, 0.15) is 6.29 Å². The van der Waals surface area contributed by atoms with Crippen LogP contribution in [0.4, 0.5) is 0 Å². The van der Waals surface area contributed by atoms with E-state index in [-0.39, 0.29) is 0 Å². The summed E-state index contributed by atoms with van der Waals surface area (Å²) in [6.07, 6.45) is 2.23. The predicted molar refractivity (Wildman–Crippen MR) is 23.9 cm³/mol. The number of azo groups is 1. The third kappa shape index (κ3) is 0.707. The van der Waals surface area contributed by atoms with Crippen molar-refractivity contribution in [3.8, 4) is 0 Å². The fourth-order valence-corrected chi connectivity index (χ4v) is 0.346. The van der Waals surface area contributed by atoms with Crippen molar-refractivity contribution in [1.82, 2.24) is 0 Å². The summed E-state index contributed by atoms with van der Waals surface area (Å²) in [6.45, 7) is 0.462. The highest BCUT2D eigenvalue weighted by molar-refractivity contribution is 5.74. The molecule has 0 saturated heterocycles. The number of carbonyl (C=O) groups excluding carboxylic acids is 1. The second kappa shape index (κ2) is 1.64. The van der Waals surface area contributed by atoms with Crippen molar-refractivity contribution in [3.63, 3.8) is 0 Å². The fraction of sp³-hybridized carbons (Fsp3) is 0.250. The zero-order valence-electron chi connectivity index (χ0n) is 3.66. The van der Waals surface area contributed by atoms with E-state index >= 15 is 0 Å². The van der Waals surface area contributed by atoms with Crippen LogP contribution in [0.15, 0.2) is 22.0 Å². The minimum Gasteiger partial charge on any atom is -0.298 e. The van der Waals surface area contributed by atoms with Crippen LogP contribution in [0.2, 0.25) is 0 Å². The van der Waals surface area contributed by atoms with Gasteiger partial charge in [-0.15, -0.1) is 0 Å². The summed E-state index contributed by atoms with van der Waals surface area (Å²) in [5.74, 6) is 0. The number of carbonyl (C=O) groups is 1. The molecule has 1 aliphatic rings. The van der Waals surface area contributed by atoms with Gasteiger partial charge < -0.3 is 0 Å². The molecule has 0 fully saturated rings. The van der Waals surface area contributed by atoms with E-state index in [0.717, 1.165) is 6.29 Å². The van der Waals surface area contributed by atoms with E-state index in [1.807, 2.05) is 0 Å². The first-order valence-electron chi connectivity index (χ1n) is 1.94. The van der Waals surface area contributed by atoms with Gasteiger partial charge in [-0.1, -0.05) is 0 Å². The summed E-state index contributed by atoms with van der Waals surface area (Å²) in [5.41, 5.74) is 0.653. The normalized spacial score (nSPS) is 16.9. The van der Waals surface area contributed by atoms with Gasteiger partial charge >= 0.3 is 0 Å². The van der Waals surface area contributed by atoms with Crippen LogP contribution < -0.4 is 0 Å². The Kier molecular flexibility index (Phi) is 0.978. The van der Waals surface area contributed by atoms with Crippen molar-refractivity contribution in [2.75, 3.05) is 6.54 Å². The molecule has 0 unspecified atom stereocenters. The predicted octanol–water partition coefficient (Wildman–Crippen LogP) is 0.535. The molecule has 3 nitrogen and oxygen atoms in total. The van der Waals surface area contributed by atoms with Crippen LogP contribution >= 0.6 is 0 Å². The average molecular weight is 96.1 g/mol. The Morgan fingerprint density at radius 2 is 2.71 bits per heavy atom. The first-order chi connectivity index (χ1) is 3.43. The summed E-state index contributed by atoms with van der Waals surface area (Å²) >= 11 is 0. The van der Waals surface area contributed by atoms with Crippen molar-refractivity contribution in [1.29, 1.82) is 0 Å². The molecule has 0 aliphatic carbocycles. The monoisotopic (exact) mass is 96.0 g/mol. The number of aldehydes is 1. The van der Waals surface area contributed by atoms with Crippen molar-refractivity contribution in [2.24, 2.45) is 10.2 Å². The molecule has 0 radical (unpaired) electrons. The molecule has 1 rings (SSSR count). The Hall–Kier alpha value is -0.990. The molecule has 0 spiro atoms. The molecule has 3 heteroatoms. The Morgan fingerprint density at radius 1 is 1.86 bits per heavy atom. The van der Waals surface area contributed by atoms with Crippen LogP contribution in [-0.4, -0.2) is 12.8 Å². The van der Waals surface area contributed by atoms with Crippen LogP contribution in [0.1, 0.15) is 0 Å². The molecule has 0 aromatic rings.